The Morgan fingerprint density at radius 2 is 1.96 bits per heavy atom. The number of ether oxygens (including phenoxy) is 1. The van der Waals surface area contributed by atoms with Gasteiger partial charge in [0.05, 0.1) is 18.4 Å². The molecule has 2 heterocycles. The van der Waals surface area contributed by atoms with E-state index in [1.165, 1.54) is 11.8 Å². The van der Waals surface area contributed by atoms with Crippen LogP contribution in [0.5, 0.6) is 0 Å². The number of hydrogen-bond acceptors (Lipinski definition) is 4. The lowest BCUT2D eigenvalue weighted by molar-refractivity contribution is 0.0600. The van der Waals surface area contributed by atoms with Gasteiger partial charge in [-0.25, -0.2) is 4.79 Å². The molecule has 1 fully saturated rings. The van der Waals surface area contributed by atoms with Crippen LogP contribution < -0.4 is 5.56 Å². The van der Waals surface area contributed by atoms with Crippen molar-refractivity contribution in [1.82, 2.24) is 14.3 Å². The second-order valence-electron chi connectivity index (χ2n) is 5.66. The Labute approximate surface area is 132 Å². The lowest BCUT2D eigenvalue weighted by Gasteiger charge is -2.10. The first-order chi connectivity index (χ1) is 11.2. The number of carbonyl (C=O) groups excluding carboxylic acids is 1. The first-order valence-corrected chi connectivity index (χ1v) is 7.47. The van der Waals surface area contributed by atoms with E-state index >= 15 is 0 Å². The summed E-state index contributed by atoms with van der Waals surface area (Å²) >= 11 is 0. The van der Waals surface area contributed by atoms with Crippen LogP contribution in [0.1, 0.15) is 29.2 Å². The van der Waals surface area contributed by atoms with Gasteiger partial charge in [0.1, 0.15) is 11.3 Å². The standard InChI is InChI=1S/C17H15N3O3/c1-23-17(22)14-10-19(11-7-8-11)9-13-15(14)18-20(16(13)21)12-5-3-2-4-6-12/h2-6,9-11H,7-8H2,1H3. The summed E-state index contributed by atoms with van der Waals surface area (Å²) in [5, 5.41) is 4.36. The minimum absolute atomic E-state index is 0.230. The quantitative estimate of drug-likeness (QED) is 0.696. The minimum atomic E-state index is -0.484. The molecule has 1 aliphatic carbocycles. The predicted molar refractivity (Wildman–Crippen MR) is 84.1 cm³/mol. The van der Waals surface area contributed by atoms with Crippen LogP contribution in [0.3, 0.4) is 0 Å². The van der Waals surface area contributed by atoms with E-state index in [9.17, 15) is 9.59 Å². The molecule has 2 aliphatic heterocycles. The summed E-state index contributed by atoms with van der Waals surface area (Å²) in [6, 6.07) is 9.51. The van der Waals surface area contributed by atoms with Crippen molar-refractivity contribution < 1.29 is 9.53 Å². The Hall–Kier alpha value is -2.89. The molecule has 4 rings (SSSR count). The molecule has 1 aromatic carbocycles. The van der Waals surface area contributed by atoms with Gasteiger partial charge in [0.25, 0.3) is 5.56 Å². The molecular weight excluding hydrogens is 294 g/mol. The van der Waals surface area contributed by atoms with Crippen molar-refractivity contribution in [2.75, 3.05) is 7.11 Å². The first-order valence-electron chi connectivity index (χ1n) is 7.47. The molecule has 0 radical (unpaired) electrons. The fourth-order valence-electron chi connectivity index (χ4n) is 2.71. The highest BCUT2D eigenvalue weighted by Crippen LogP contribution is 2.36. The molecular formula is C17H15N3O3. The molecule has 0 bridgehead atoms. The number of para-hydroxylation sites is 1. The zero-order valence-electron chi connectivity index (χ0n) is 12.6. The van der Waals surface area contributed by atoms with Gasteiger partial charge in [0, 0.05) is 18.4 Å². The van der Waals surface area contributed by atoms with Crippen LogP contribution in [0.15, 0.2) is 47.5 Å². The van der Waals surface area contributed by atoms with Gasteiger partial charge in [-0.1, -0.05) is 18.2 Å². The number of aromatic nitrogens is 3. The zero-order chi connectivity index (χ0) is 16.0. The number of hydrogen-bond donors (Lipinski definition) is 0. The van der Waals surface area contributed by atoms with Crippen molar-refractivity contribution in [3.8, 4) is 16.9 Å². The molecule has 3 aliphatic rings. The average Bonchev–Trinajstić information content (AvgIpc) is 3.39. The number of pyridine rings is 1. The fraction of sp³-hybridized carbons (Fsp3) is 0.235. The third-order valence-electron chi connectivity index (χ3n) is 4.06. The molecule has 23 heavy (non-hydrogen) atoms. The molecule has 6 heteroatoms. The summed E-state index contributed by atoms with van der Waals surface area (Å²) < 4.78 is 8.10. The largest absolute Gasteiger partial charge is 0.465 e. The highest BCUT2D eigenvalue weighted by Gasteiger charge is 2.29. The van der Waals surface area contributed by atoms with E-state index in [2.05, 4.69) is 5.10 Å². The molecule has 0 amide bonds. The van der Waals surface area contributed by atoms with Gasteiger partial charge < -0.3 is 9.30 Å². The topological polar surface area (TPSA) is 66.1 Å². The second kappa shape index (κ2) is 5.08. The number of nitrogens with zero attached hydrogens (tertiary/aromatic N) is 3. The third kappa shape index (κ3) is 2.23. The molecule has 0 spiro atoms. The molecule has 1 aromatic rings. The monoisotopic (exact) mass is 309 g/mol. The molecule has 1 saturated carbocycles. The second-order valence-corrected chi connectivity index (χ2v) is 5.66. The van der Waals surface area contributed by atoms with E-state index in [1.807, 2.05) is 22.8 Å². The van der Waals surface area contributed by atoms with Crippen molar-refractivity contribution in [2.24, 2.45) is 0 Å². The van der Waals surface area contributed by atoms with Crippen LogP contribution in [0.4, 0.5) is 0 Å². The van der Waals surface area contributed by atoms with E-state index in [4.69, 9.17) is 4.74 Å². The first kappa shape index (κ1) is 13.8. The average molecular weight is 309 g/mol. The molecule has 116 valence electrons. The van der Waals surface area contributed by atoms with E-state index in [0.29, 0.717) is 28.6 Å². The van der Waals surface area contributed by atoms with Crippen LogP contribution in [0.2, 0.25) is 0 Å². The van der Waals surface area contributed by atoms with Crippen molar-refractivity contribution in [3.05, 3.63) is 58.6 Å². The van der Waals surface area contributed by atoms with E-state index in [1.54, 1.807) is 24.5 Å². The summed E-state index contributed by atoms with van der Waals surface area (Å²) in [6.07, 6.45) is 5.62. The van der Waals surface area contributed by atoms with Crippen LogP contribution in [-0.2, 0) is 4.74 Å². The van der Waals surface area contributed by atoms with Gasteiger partial charge in [-0.05, 0) is 25.0 Å². The molecule has 0 aromatic heterocycles. The lowest BCUT2D eigenvalue weighted by atomic mass is 10.1. The number of esters is 1. The molecule has 0 N–H and O–H groups in total. The van der Waals surface area contributed by atoms with Gasteiger partial charge in [-0.2, -0.15) is 9.78 Å². The molecule has 0 unspecified atom stereocenters. The third-order valence-corrected chi connectivity index (χ3v) is 4.06. The summed E-state index contributed by atoms with van der Waals surface area (Å²) in [5.74, 6) is -0.484. The summed E-state index contributed by atoms with van der Waals surface area (Å²) in [5.41, 5.74) is 1.57. The molecule has 6 nitrogen and oxygen atoms in total. The van der Waals surface area contributed by atoms with E-state index in [-0.39, 0.29) is 5.56 Å². The number of fused-ring (bicyclic) bond motifs is 1. The smallest absolute Gasteiger partial charge is 0.341 e. The number of benzene rings is 1. The van der Waals surface area contributed by atoms with Crippen molar-refractivity contribution in [1.29, 1.82) is 0 Å². The van der Waals surface area contributed by atoms with Gasteiger partial charge in [0.2, 0.25) is 0 Å². The number of carbonyl (C=O) groups is 1. The lowest BCUT2D eigenvalue weighted by Crippen LogP contribution is -2.15. The van der Waals surface area contributed by atoms with Gasteiger partial charge >= 0.3 is 5.97 Å². The fourth-order valence-corrected chi connectivity index (χ4v) is 2.71. The zero-order valence-corrected chi connectivity index (χ0v) is 12.6. The predicted octanol–water partition coefficient (Wildman–Crippen LogP) is 2.26. The molecule has 0 atom stereocenters. The van der Waals surface area contributed by atoms with Crippen LogP contribution in [0, 0.1) is 0 Å². The Morgan fingerprint density at radius 1 is 1.22 bits per heavy atom. The highest BCUT2D eigenvalue weighted by molar-refractivity contribution is 5.96. The van der Waals surface area contributed by atoms with Crippen molar-refractivity contribution in [2.45, 2.75) is 18.9 Å². The van der Waals surface area contributed by atoms with Crippen molar-refractivity contribution >= 4 is 5.97 Å². The maximum Gasteiger partial charge on any atom is 0.341 e. The van der Waals surface area contributed by atoms with Gasteiger partial charge in [-0.3, -0.25) is 4.79 Å². The normalized spacial score (nSPS) is 14.1. The summed E-state index contributed by atoms with van der Waals surface area (Å²) in [4.78, 5) is 24.8. The maximum atomic E-state index is 12.7. The van der Waals surface area contributed by atoms with Crippen LogP contribution >= 0.6 is 0 Å². The number of methoxy groups -OCH3 is 1. The Balaban J connectivity index is 1.98. The van der Waals surface area contributed by atoms with Gasteiger partial charge in [-0.15, -0.1) is 0 Å². The maximum absolute atomic E-state index is 12.7. The Morgan fingerprint density at radius 3 is 2.61 bits per heavy atom. The Kier molecular flexibility index (Phi) is 3.04. The Bertz CT molecular complexity index is 907. The van der Waals surface area contributed by atoms with Gasteiger partial charge in [0.15, 0.2) is 0 Å². The van der Waals surface area contributed by atoms with Crippen LogP contribution in [0.25, 0.3) is 16.9 Å². The van der Waals surface area contributed by atoms with Crippen molar-refractivity contribution in [3.63, 3.8) is 0 Å². The van der Waals surface area contributed by atoms with Crippen LogP contribution in [-0.4, -0.2) is 27.4 Å². The van der Waals surface area contributed by atoms with E-state index < -0.39 is 5.97 Å². The number of rotatable bonds is 3. The van der Waals surface area contributed by atoms with E-state index in [0.717, 1.165) is 12.8 Å². The highest BCUT2D eigenvalue weighted by atomic mass is 16.5. The minimum Gasteiger partial charge on any atom is -0.465 e. The summed E-state index contributed by atoms with van der Waals surface area (Å²) in [7, 11) is 1.33. The SMILES string of the molecule is COC(=O)c1cn(C2CC2)cc2c(=O)n(-c3ccccc3)nc1-2. The summed E-state index contributed by atoms with van der Waals surface area (Å²) in [6.45, 7) is 0. The molecule has 0 saturated heterocycles.